The van der Waals surface area contributed by atoms with Gasteiger partial charge in [-0.05, 0) is 22.0 Å². The number of rotatable bonds is 5. The van der Waals surface area contributed by atoms with Crippen LogP contribution in [-0.2, 0) is 0 Å². The van der Waals surface area contributed by atoms with E-state index in [1.807, 2.05) is 0 Å². The monoisotopic (exact) mass is 385 g/mol. The molecule has 0 saturated heterocycles. The van der Waals surface area contributed by atoms with E-state index in [2.05, 4.69) is 26.2 Å². The molecule has 0 aliphatic carbocycles. The zero-order chi connectivity index (χ0) is 16.3. The Bertz CT molecular complexity index is 699. The number of carbonyl (C=O) groups is 1. The van der Waals surface area contributed by atoms with Gasteiger partial charge in [0.05, 0.1) is 24.8 Å². The fraction of sp³-hybridized carbons (Fsp3) is 0.143. The second kappa shape index (κ2) is 6.85. The molecule has 1 aromatic heterocycles. The number of hydrogen-bond acceptors (Lipinski definition) is 5. The van der Waals surface area contributed by atoms with Crippen molar-refractivity contribution < 1.29 is 14.3 Å². The van der Waals surface area contributed by atoms with Gasteiger partial charge in [-0.3, -0.25) is 4.79 Å². The average molecular weight is 387 g/mol. The Kier molecular flexibility index (Phi) is 5.10. The van der Waals surface area contributed by atoms with Gasteiger partial charge in [0.2, 0.25) is 5.91 Å². The topological polar surface area (TPSA) is 86.5 Å². The average Bonchev–Trinajstić information content (AvgIpc) is 2.50. The smallest absolute Gasteiger partial charge is 0.250 e. The number of aromatic nitrogens is 1. The number of halogens is 2. The van der Waals surface area contributed by atoms with Crippen molar-refractivity contribution in [3.63, 3.8) is 0 Å². The standard InChI is InChI=1S/C14H13BrClN3O3/c1-21-10-4-8(5-11(22-2)12(10)15)19-14-9(16)3-7(6-18-14)13(17)20/h3-6H,1-2H3,(H2,17,20)(H,18,19). The number of carbonyl (C=O) groups excluding carboxylic acids is 1. The van der Waals surface area contributed by atoms with Crippen molar-refractivity contribution in [2.75, 3.05) is 19.5 Å². The van der Waals surface area contributed by atoms with Crippen LogP contribution in [0.1, 0.15) is 10.4 Å². The highest BCUT2D eigenvalue weighted by atomic mass is 79.9. The SMILES string of the molecule is COc1cc(Nc2ncc(C(N)=O)cc2Cl)cc(OC)c1Br. The number of hydrogen-bond donors (Lipinski definition) is 2. The quantitative estimate of drug-likeness (QED) is 0.823. The molecule has 0 aliphatic heterocycles. The molecule has 1 heterocycles. The lowest BCUT2D eigenvalue weighted by Crippen LogP contribution is -2.11. The van der Waals surface area contributed by atoms with Gasteiger partial charge in [0.25, 0.3) is 0 Å². The predicted molar refractivity (Wildman–Crippen MR) is 88.3 cm³/mol. The van der Waals surface area contributed by atoms with Crippen LogP contribution in [0.3, 0.4) is 0 Å². The summed E-state index contributed by atoms with van der Waals surface area (Å²) in [5.74, 6) is 0.976. The number of ether oxygens (including phenoxy) is 2. The van der Waals surface area contributed by atoms with Gasteiger partial charge < -0.3 is 20.5 Å². The van der Waals surface area contributed by atoms with E-state index in [1.54, 1.807) is 26.4 Å². The Labute approximate surface area is 140 Å². The normalized spacial score (nSPS) is 10.2. The van der Waals surface area contributed by atoms with Crippen LogP contribution in [0.5, 0.6) is 11.5 Å². The molecule has 0 bridgehead atoms. The number of pyridine rings is 1. The maximum atomic E-state index is 11.1. The molecule has 1 aromatic carbocycles. The third kappa shape index (κ3) is 3.42. The van der Waals surface area contributed by atoms with Crippen LogP contribution < -0.4 is 20.5 Å². The molecule has 1 amide bonds. The molecule has 8 heteroatoms. The molecule has 0 aliphatic rings. The number of anilines is 2. The summed E-state index contributed by atoms with van der Waals surface area (Å²) in [6.07, 6.45) is 1.35. The Balaban J connectivity index is 2.36. The number of nitrogens with one attached hydrogen (secondary N) is 1. The van der Waals surface area contributed by atoms with Crippen LogP contribution in [0.2, 0.25) is 5.02 Å². The van der Waals surface area contributed by atoms with Crippen molar-refractivity contribution in [2.24, 2.45) is 5.73 Å². The number of primary amides is 1. The summed E-state index contributed by atoms with van der Waals surface area (Å²) in [6, 6.07) is 4.96. The minimum Gasteiger partial charge on any atom is -0.495 e. The molecule has 116 valence electrons. The second-order valence-corrected chi connectivity index (χ2v) is 5.44. The number of nitrogens with zero attached hydrogens (tertiary/aromatic N) is 1. The first kappa shape index (κ1) is 16.4. The van der Waals surface area contributed by atoms with Gasteiger partial charge in [-0.25, -0.2) is 4.98 Å². The Morgan fingerprint density at radius 3 is 2.32 bits per heavy atom. The summed E-state index contributed by atoms with van der Waals surface area (Å²) in [7, 11) is 3.10. The first-order valence-corrected chi connectivity index (χ1v) is 7.27. The van der Waals surface area contributed by atoms with Crippen molar-refractivity contribution in [1.29, 1.82) is 0 Å². The van der Waals surface area contributed by atoms with E-state index >= 15 is 0 Å². The molecule has 3 N–H and O–H groups in total. The molecular weight excluding hydrogens is 374 g/mol. The zero-order valence-corrected chi connectivity index (χ0v) is 14.2. The summed E-state index contributed by atoms with van der Waals surface area (Å²) in [6.45, 7) is 0. The number of amides is 1. The van der Waals surface area contributed by atoms with E-state index in [9.17, 15) is 4.79 Å². The fourth-order valence-corrected chi connectivity index (χ4v) is 2.51. The van der Waals surface area contributed by atoms with Crippen LogP contribution in [0.4, 0.5) is 11.5 Å². The van der Waals surface area contributed by atoms with Crippen molar-refractivity contribution in [3.05, 3.63) is 39.5 Å². The predicted octanol–water partition coefficient (Wildman–Crippen LogP) is 3.36. The van der Waals surface area contributed by atoms with Gasteiger partial charge in [0.15, 0.2) is 0 Å². The van der Waals surface area contributed by atoms with Crippen LogP contribution in [-0.4, -0.2) is 25.1 Å². The summed E-state index contributed by atoms with van der Waals surface area (Å²) >= 11 is 9.49. The molecule has 6 nitrogen and oxygen atoms in total. The highest BCUT2D eigenvalue weighted by Crippen LogP contribution is 2.38. The lowest BCUT2D eigenvalue weighted by Gasteiger charge is -2.13. The van der Waals surface area contributed by atoms with Gasteiger partial charge in [0.1, 0.15) is 21.8 Å². The third-order valence-corrected chi connectivity index (χ3v) is 3.90. The first-order valence-electron chi connectivity index (χ1n) is 6.10. The van der Waals surface area contributed by atoms with Crippen molar-refractivity contribution in [2.45, 2.75) is 0 Å². The minimum atomic E-state index is -0.590. The van der Waals surface area contributed by atoms with Gasteiger partial charge in [0, 0.05) is 24.0 Å². The summed E-state index contributed by atoms with van der Waals surface area (Å²) < 4.78 is 11.2. The lowest BCUT2D eigenvalue weighted by atomic mass is 10.2. The molecule has 0 spiro atoms. The van der Waals surface area contributed by atoms with Crippen molar-refractivity contribution >= 4 is 44.9 Å². The van der Waals surface area contributed by atoms with Gasteiger partial charge in [-0.15, -0.1) is 0 Å². The van der Waals surface area contributed by atoms with Crippen LogP contribution in [0.15, 0.2) is 28.9 Å². The van der Waals surface area contributed by atoms with Crippen LogP contribution in [0, 0.1) is 0 Å². The molecular formula is C14H13BrClN3O3. The van der Waals surface area contributed by atoms with Crippen LogP contribution in [0.25, 0.3) is 0 Å². The Morgan fingerprint density at radius 1 is 1.27 bits per heavy atom. The molecule has 0 unspecified atom stereocenters. The molecule has 2 rings (SSSR count). The number of methoxy groups -OCH3 is 2. The molecule has 2 aromatic rings. The van der Waals surface area contributed by atoms with E-state index in [0.717, 1.165) is 0 Å². The molecule has 0 saturated carbocycles. The van der Waals surface area contributed by atoms with E-state index in [1.165, 1.54) is 12.3 Å². The highest BCUT2D eigenvalue weighted by Gasteiger charge is 2.12. The third-order valence-electron chi connectivity index (χ3n) is 2.83. The molecule has 0 atom stereocenters. The van der Waals surface area contributed by atoms with Gasteiger partial charge >= 0.3 is 0 Å². The summed E-state index contributed by atoms with van der Waals surface area (Å²) in [5.41, 5.74) is 6.08. The molecule has 22 heavy (non-hydrogen) atoms. The molecule has 0 radical (unpaired) electrons. The largest absolute Gasteiger partial charge is 0.495 e. The number of nitrogens with two attached hydrogens (primary N) is 1. The second-order valence-electron chi connectivity index (χ2n) is 4.24. The van der Waals surface area contributed by atoms with E-state index < -0.39 is 5.91 Å². The maximum absolute atomic E-state index is 11.1. The zero-order valence-electron chi connectivity index (χ0n) is 11.8. The number of benzene rings is 1. The summed E-state index contributed by atoms with van der Waals surface area (Å²) in [4.78, 5) is 15.2. The van der Waals surface area contributed by atoms with E-state index in [0.29, 0.717) is 27.5 Å². The fourth-order valence-electron chi connectivity index (χ4n) is 1.74. The Morgan fingerprint density at radius 2 is 1.86 bits per heavy atom. The van der Waals surface area contributed by atoms with Gasteiger partial charge in [-0.1, -0.05) is 11.6 Å². The Hall–Kier alpha value is -1.99. The highest BCUT2D eigenvalue weighted by molar-refractivity contribution is 9.10. The van der Waals surface area contributed by atoms with Gasteiger partial charge in [-0.2, -0.15) is 0 Å². The molecule has 0 fully saturated rings. The maximum Gasteiger partial charge on any atom is 0.250 e. The van der Waals surface area contributed by atoms with Crippen molar-refractivity contribution in [3.8, 4) is 11.5 Å². The lowest BCUT2D eigenvalue weighted by molar-refractivity contribution is 0.1000. The minimum absolute atomic E-state index is 0.238. The van der Waals surface area contributed by atoms with Crippen LogP contribution >= 0.6 is 27.5 Å². The van der Waals surface area contributed by atoms with E-state index in [-0.39, 0.29) is 10.6 Å². The summed E-state index contributed by atoms with van der Waals surface area (Å²) in [5, 5.41) is 3.31. The van der Waals surface area contributed by atoms with Crippen molar-refractivity contribution in [1.82, 2.24) is 4.98 Å². The first-order chi connectivity index (χ1) is 10.5. The van der Waals surface area contributed by atoms with E-state index in [4.69, 9.17) is 26.8 Å².